The van der Waals surface area contributed by atoms with Gasteiger partial charge in [0.05, 0.1) is 26.7 Å². The molecule has 0 aromatic rings. The van der Waals surface area contributed by atoms with Crippen LogP contribution in [0.3, 0.4) is 0 Å². The van der Waals surface area contributed by atoms with E-state index >= 15 is 0 Å². The minimum Gasteiger partial charge on any atom is -0.756 e. The summed E-state index contributed by atoms with van der Waals surface area (Å²) in [6, 6.07) is 0. The monoisotopic (exact) mass is 489 g/mol. The van der Waals surface area contributed by atoms with E-state index in [2.05, 4.69) is 20.9 Å². The largest absolute Gasteiger partial charge is 0.756 e. The molecule has 0 spiro atoms. The molecular formula is C27H56NO4P. The number of hydrogen-bond acceptors (Lipinski definition) is 4. The summed E-state index contributed by atoms with van der Waals surface area (Å²) in [5.41, 5.74) is 0. The predicted octanol–water partition coefficient (Wildman–Crippen LogP) is 7.63. The van der Waals surface area contributed by atoms with Gasteiger partial charge in [0, 0.05) is 0 Å². The van der Waals surface area contributed by atoms with Crippen molar-refractivity contribution in [3.8, 4) is 0 Å². The molecule has 33 heavy (non-hydrogen) atoms. The van der Waals surface area contributed by atoms with Crippen LogP contribution in [0.4, 0.5) is 0 Å². The molecule has 1 saturated heterocycles. The van der Waals surface area contributed by atoms with Gasteiger partial charge in [-0.25, -0.2) is 0 Å². The number of likely N-dealkylation sites (N-methyl/N-ethyl adjacent to an activating group) is 1. The standard InChI is InChI=1S/C27H56NO4P/c1-4-5-6-7-8-9-10-11-12-13-14-15-16-17-18-19-25-31-33(29,30)32-26-24-28(3)22-20-27(2)21-23-28/h27H,4-26H2,1-3H3. The van der Waals surface area contributed by atoms with Gasteiger partial charge in [0.2, 0.25) is 0 Å². The number of likely N-dealkylation sites (tertiary alicyclic amines) is 1. The fourth-order valence-electron chi connectivity index (χ4n) is 4.78. The lowest BCUT2D eigenvalue weighted by Gasteiger charge is -2.40. The Hall–Kier alpha value is 0.0700. The number of phosphoric acid groups is 1. The van der Waals surface area contributed by atoms with Crippen LogP contribution in [0.5, 0.6) is 0 Å². The molecule has 0 bridgehead atoms. The summed E-state index contributed by atoms with van der Waals surface area (Å²) in [5.74, 6) is 0.783. The lowest BCUT2D eigenvalue weighted by molar-refractivity contribution is -0.915. The highest BCUT2D eigenvalue weighted by Gasteiger charge is 2.28. The topological polar surface area (TPSA) is 58.6 Å². The second kappa shape index (κ2) is 19.3. The highest BCUT2D eigenvalue weighted by molar-refractivity contribution is 7.45. The number of piperidine rings is 1. The van der Waals surface area contributed by atoms with Crippen molar-refractivity contribution in [1.29, 1.82) is 0 Å². The third kappa shape index (κ3) is 18.1. The first-order valence-electron chi connectivity index (χ1n) is 14.3. The van der Waals surface area contributed by atoms with Crippen molar-refractivity contribution in [2.24, 2.45) is 5.92 Å². The molecule has 0 aromatic heterocycles. The Kier molecular flexibility index (Phi) is 18.2. The maximum absolute atomic E-state index is 12.0. The van der Waals surface area contributed by atoms with Gasteiger partial charge >= 0.3 is 0 Å². The number of hydrogen-bond donors (Lipinski definition) is 0. The van der Waals surface area contributed by atoms with E-state index in [9.17, 15) is 9.46 Å². The summed E-state index contributed by atoms with van der Waals surface area (Å²) >= 11 is 0. The number of phosphoric ester groups is 1. The molecule has 0 aromatic carbocycles. The van der Waals surface area contributed by atoms with Gasteiger partial charge in [0.15, 0.2) is 0 Å². The lowest BCUT2D eigenvalue weighted by Crippen LogP contribution is -2.51. The first-order valence-corrected chi connectivity index (χ1v) is 15.8. The summed E-state index contributed by atoms with van der Waals surface area (Å²) in [6.45, 7) is 7.99. The Balaban J connectivity index is 1.84. The van der Waals surface area contributed by atoms with E-state index in [-0.39, 0.29) is 13.2 Å². The second-order valence-electron chi connectivity index (χ2n) is 10.9. The number of nitrogens with zero attached hydrogens (tertiary/aromatic N) is 1. The Bertz CT molecular complexity index is 495. The zero-order valence-electron chi connectivity index (χ0n) is 22.4. The summed E-state index contributed by atoms with van der Waals surface area (Å²) in [7, 11) is -1.96. The van der Waals surface area contributed by atoms with Gasteiger partial charge in [-0.2, -0.15) is 0 Å². The van der Waals surface area contributed by atoms with Crippen LogP contribution in [-0.2, 0) is 13.6 Å². The van der Waals surface area contributed by atoms with E-state index in [1.165, 1.54) is 103 Å². The number of quaternary nitrogens is 1. The SMILES string of the molecule is CCCCCCCCCCCCCCCCCCOP(=O)([O-])OCC[N+]1(C)CCC(C)CC1. The maximum atomic E-state index is 12.0. The van der Waals surface area contributed by atoms with E-state index < -0.39 is 7.82 Å². The highest BCUT2D eigenvalue weighted by Crippen LogP contribution is 2.38. The summed E-state index contributed by atoms with van der Waals surface area (Å²) < 4.78 is 23.0. The van der Waals surface area contributed by atoms with Crippen molar-refractivity contribution in [3.63, 3.8) is 0 Å². The van der Waals surface area contributed by atoms with Crippen molar-refractivity contribution in [3.05, 3.63) is 0 Å². The van der Waals surface area contributed by atoms with Crippen LogP contribution in [0.1, 0.15) is 129 Å². The molecule has 1 aliphatic rings. The quantitative estimate of drug-likeness (QED) is 0.0891. The van der Waals surface area contributed by atoms with Crippen LogP contribution < -0.4 is 4.89 Å². The Morgan fingerprint density at radius 2 is 1.12 bits per heavy atom. The highest BCUT2D eigenvalue weighted by atomic mass is 31.2. The van der Waals surface area contributed by atoms with Crippen molar-refractivity contribution in [2.45, 2.75) is 129 Å². The van der Waals surface area contributed by atoms with Crippen molar-refractivity contribution < 1.29 is 23.0 Å². The number of rotatable bonds is 22. The van der Waals surface area contributed by atoms with Crippen LogP contribution in [0.25, 0.3) is 0 Å². The number of unbranched alkanes of at least 4 members (excludes halogenated alkanes) is 15. The zero-order chi connectivity index (χ0) is 24.3. The molecule has 0 aliphatic carbocycles. The zero-order valence-corrected chi connectivity index (χ0v) is 23.3. The molecule has 1 unspecified atom stereocenters. The average Bonchev–Trinajstić information content (AvgIpc) is 2.78. The van der Waals surface area contributed by atoms with Crippen molar-refractivity contribution >= 4 is 7.82 Å². The summed E-state index contributed by atoms with van der Waals surface area (Å²) in [4.78, 5) is 12.0. The van der Waals surface area contributed by atoms with Crippen LogP contribution >= 0.6 is 7.82 Å². The van der Waals surface area contributed by atoms with Crippen molar-refractivity contribution in [1.82, 2.24) is 0 Å². The van der Waals surface area contributed by atoms with Gasteiger partial charge < -0.3 is 18.4 Å². The molecule has 1 heterocycles. The van der Waals surface area contributed by atoms with E-state index in [0.717, 1.165) is 42.9 Å². The Morgan fingerprint density at radius 3 is 1.58 bits per heavy atom. The van der Waals surface area contributed by atoms with E-state index in [1.54, 1.807) is 0 Å². The lowest BCUT2D eigenvalue weighted by atomic mass is 9.97. The molecule has 1 fully saturated rings. The molecular weight excluding hydrogens is 433 g/mol. The first-order chi connectivity index (χ1) is 15.9. The first kappa shape index (κ1) is 31.1. The third-order valence-corrected chi connectivity index (χ3v) is 8.45. The Labute approximate surface area is 206 Å². The minimum atomic E-state index is -4.15. The fourth-order valence-corrected chi connectivity index (χ4v) is 5.51. The van der Waals surface area contributed by atoms with Gasteiger partial charge in [0.1, 0.15) is 13.2 Å². The molecule has 1 aliphatic heterocycles. The van der Waals surface area contributed by atoms with Gasteiger partial charge in [0.25, 0.3) is 7.82 Å². The van der Waals surface area contributed by atoms with Crippen molar-refractivity contribution in [2.75, 3.05) is 39.9 Å². The molecule has 198 valence electrons. The smallest absolute Gasteiger partial charge is 0.268 e. The molecule has 0 N–H and O–H groups in total. The van der Waals surface area contributed by atoms with Gasteiger partial charge in [-0.3, -0.25) is 4.57 Å². The average molecular weight is 490 g/mol. The molecule has 6 heteroatoms. The second-order valence-corrected chi connectivity index (χ2v) is 12.3. The predicted molar refractivity (Wildman–Crippen MR) is 138 cm³/mol. The van der Waals surface area contributed by atoms with Gasteiger partial charge in [-0.05, 0) is 25.2 Å². The van der Waals surface area contributed by atoms with E-state index in [0.29, 0.717) is 0 Å². The molecule has 5 nitrogen and oxygen atoms in total. The van der Waals surface area contributed by atoms with Crippen LogP contribution in [-0.4, -0.2) is 44.4 Å². The van der Waals surface area contributed by atoms with Gasteiger partial charge in [-0.1, -0.05) is 110 Å². The third-order valence-electron chi connectivity index (χ3n) is 7.45. The minimum absolute atomic E-state index is 0.227. The van der Waals surface area contributed by atoms with E-state index in [1.807, 2.05) is 0 Å². The van der Waals surface area contributed by atoms with Crippen LogP contribution in [0, 0.1) is 5.92 Å². The van der Waals surface area contributed by atoms with Gasteiger partial charge in [-0.15, -0.1) is 0 Å². The Morgan fingerprint density at radius 1 is 0.727 bits per heavy atom. The van der Waals surface area contributed by atoms with E-state index in [4.69, 9.17) is 9.05 Å². The molecule has 1 rings (SSSR count). The molecule has 1 atom stereocenters. The molecule has 0 radical (unpaired) electrons. The summed E-state index contributed by atoms with van der Waals surface area (Å²) in [5, 5.41) is 0. The summed E-state index contributed by atoms with van der Waals surface area (Å²) in [6.07, 6.45) is 23.3. The van der Waals surface area contributed by atoms with Crippen LogP contribution in [0.2, 0.25) is 0 Å². The maximum Gasteiger partial charge on any atom is 0.268 e. The normalized spacial score (nSPS) is 23.0. The van der Waals surface area contributed by atoms with Crippen LogP contribution in [0.15, 0.2) is 0 Å². The molecule has 0 saturated carbocycles. The fraction of sp³-hybridized carbons (Fsp3) is 1.00. The molecule has 0 amide bonds.